The lowest BCUT2D eigenvalue weighted by Crippen LogP contribution is -2.46. The van der Waals surface area contributed by atoms with E-state index in [1.54, 1.807) is 11.0 Å². The van der Waals surface area contributed by atoms with Crippen LogP contribution in [0.15, 0.2) is 46.9 Å². The van der Waals surface area contributed by atoms with Crippen molar-refractivity contribution < 1.29 is 9.53 Å². The van der Waals surface area contributed by atoms with Gasteiger partial charge in [0.15, 0.2) is 5.50 Å². The molecule has 0 saturated heterocycles. The lowest BCUT2D eigenvalue weighted by atomic mass is 10.1. The van der Waals surface area contributed by atoms with Crippen LogP contribution in [0.4, 0.5) is 11.4 Å². The Labute approximate surface area is 149 Å². The molecule has 0 bridgehead atoms. The zero-order chi connectivity index (χ0) is 16.6. The molecule has 0 spiro atoms. The lowest BCUT2D eigenvalue weighted by molar-refractivity contribution is 0.0982. The van der Waals surface area contributed by atoms with E-state index in [9.17, 15) is 4.79 Å². The molecule has 1 N–H and O–H groups in total. The summed E-state index contributed by atoms with van der Waals surface area (Å²) in [7, 11) is 0. The molecule has 4 nitrogen and oxygen atoms in total. The fraction of sp³-hybridized carbons (Fsp3) is 0.235. The molecule has 0 aliphatic carbocycles. The Morgan fingerprint density at radius 1 is 1.26 bits per heavy atom. The van der Waals surface area contributed by atoms with Crippen LogP contribution in [0, 0.1) is 0 Å². The van der Waals surface area contributed by atoms with Gasteiger partial charge in [-0.3, -0.25) is 9.69 Å². The maximum Gasteiger partial charge on any atom is 0.262 e. The summed E-state index contributed by atoms with van der Waals surface area (Å²) in [4.78, 5) is 14.5. The summed E-state index contributed by atoms with van der Waals surface area (Å²) < 4.78 is 6.73. The third-order valence-corrected chi connectivity index (χ3v) is 4.30. The van der Waals surface area contributed by atoms with Crippen LogP contribution in [0.25, 0.3) is 0 Å². The molecule has 0 aromatic heterocycles. The van der Waals surface area contributed by atoms with Crippen LogP contribution in [0.1, 0.15) is 24.2 Å². The molecule has 1 unspecified atom stereocenters. The number of benzene rings is 2. The molecule has 1 aliphatic rings. The Balaban J connectivity index is 2.08. The van der Waals surface area contributed by atoms with E-state index in [4.69, 9.17) is 4.74 Å². The molecule has 6 heteroatoms. The van der Waals surface area contributed by atoms with E-state index in [0.717, 1.165) is 10.2 Å². The standard InChI is InChI=1S/C17H17BrN2O2S/c1-10(2)22-15-8-7-11(18)9-14(15)20-16(21)12-5-3-4-6-13(12)19-17(20)23/h3-10,17,19,23H,1-2H3. The normalized spacial score (nSPS) is 17.0. The molecule has 2 aromatic carbocycles. The zero-order valence-electron chi connectivity index (χ0n) is 12.8. The first-order valence-electron chi connectivity index (χ1n) is 7.31. The predicted molar refractivity (Wildman–Crippen MR) is 99.6 cm³/mol. The molecule has 0 fully saturated rings. The highest BCUT2D eigenvalue weighted by Gasteiger charge is 2.32. The number of nitrogens with one attached hydrogen (secondary N) is 1. The van der Waals surface area contributed by atoms with E-state index in [0.29, 0.717) is 17.0 Å². The van der Waals surface area contributed by atoms with Crippen LogP contribution in [0.5, 0.6) is 5.75 Å². The van der Waals surface area contributed by atoms with Crippen molar-refractivity contribution in [2.45, 2.75) is 25.4 Å². The Morgan fingerprint density at radius 2 is 2.00 bits per heavy atom. The van der Waals surface area contributed by atoms with E-state index in [1.807, 2.05) is 50.2 Å². The summed E-state index contributed by atoms with van der Waals surface area (Å²) in [6.07, 6.45) is 0.00781. The minimum Gasteiger partial charge on any atom is -0.489 e. The van der Waals surface area contributed by atoms with Gasteiger partial charge >= 0.3 is 0 Å². The maximum absolute atomic E-state index is 12.9. The van der Waals surface area contributed by atoms with Gasteiger partial charge in [0.05, 0.1) is 17.4 Å². The largest absolute Gasteiger partial charge is 0.489 e. The fourth-order valence-corrected chi connectivity index (χ4v) is 3.23. The molecule has 2 aromatic rings. The Hall–Kier alpha value is -1.66. The Kier molecular flexibility index (Phi) is 4.55. The van der Waals surface area contributed by atoms with Gasteiger partial charge in [-0.1, -0.05) is 28.1 Å². The number of para-hydroxylation sites is 1. The quantitative estimate of drug-likeness (QED) is 0.754. The van der Waals surface area contributed by atoms with Crippen molar-refractivity contribution in [1.29, 1.82) is 0 Å². The smallest absolute Gasteiger partial charge is 0.262 e. The van der Waals surface area contributed by atoms with Crippen molar-refractivity contribution in [1.82, 2.24) is 0 Å². The number of carbonyl (C=O) groups is 1. The second-order valence-electron chi connectivity index (χ2n) is 5.52. The van der Waals surface area contributed by atoms with Crippen molar-refractivity contribution in [3.63, 3.8) is 0 Å². The second-order valence-corrected chi connectivity index (χ2v) is 6.92. The summed E-state index contributed by atoms with van der Waals surface area (Å²) >= 11 is 8.01. The maximum atomic E-state index is 12.9. The molecular formula is C17H17BrN2O2S. The fourth-order valence-electron chi connectivity index (χ4n) is 2.51. The van der Waals surface area contributed by atoms with Crippen LogP contribution in [-0.2, 0) is 0 Å². The highest BCUT2D eigenvalue weighted by molar-refractivity contribution is 9.10. The van der Waals surface area contributed by atoms with Crippen LogP contribution in [0.2, 0.25) is 0 Å². The summed E-state index contributed by atoms with van der Waals surface area (Å²) in [5.74, 6) is 0.544. The average molecular weight is 393 g/mol. The first-order valence-corrected chi connectivity index (χ1v) is 8.61. The number of nitrogens with zero attached hydrogens (tertiary/aromatic N) is 1. The molecule has 3 rings (SSSR count). The molecule has 1 heterocycles. The topological polar surface area (TPSA) is 41.6 Å². The summed E-state index contributed by atoms with van der Waals surface area (Å²) in [5.41, 5.74) is 1.62. The number of fused-ring (bicyclic) bond motifs is 1. The zero-order valence-corrected chi connectivity index (χ0v) is 15.3. The first kappa shape index (κ1) is 16.2. The van der Waals surface area contributed by atoms with Gasteiger partial charge in [0.1, 0.15) is 5.75 Å². The van der Waals surface area contributed by atoms with Crippen molar-refractivity contribution >= 4 is 45.8 Å². The van der Waals surface area contributed by atoms with E-state index in [-0.39, 0.29) is 12.0 Å². The summed E-state index contributed by atoms with van der Waals surface area (Å²) in [6, 6.07) is 13.0. The van der Waals surface area contributed by atoms with Gasteiger partial charge in [0.2, 0.25) is 0 Å². The molecule has 23 heavy (non-hydrogen) atoms. The van der Waals surface area contributed by atoms with Gasteiger partial charge in [-0.15, -0.1) is 12.6 Å². The SMILES string of the molecule is CC(C)Oc1ccc(Br)cc1N1C(=O)c2ccccc2NC1S. The van der Waals surface area contributed by atoms with Crippen molar-refractivity contribution in [2.75, 3.05) is 10.2 Å². The van der Waals surface area contributed by atoms with Crippen LogP contribution >= 0.6 is 28.6 Å². The van der Waals surface area contributed by atoms with Gasteiger partial charge in [-0.05, 0) is 44.2 Å². The van der Waals surface area contributed by atoms with Gasteiger partial charge in [0.25, 0.3) is 5.91 Å². The number of thiol groups is 1. The predicted octanol–water partition coefficient (Wildman–Crippen LogP) is 4.52. The van der Waals surface area contributed by atoms with Gasteiger partial charge < -0.3 is 10.1 Å². The Morgan fingerprint density at radius 3 is 2.74 bits per heavy atom. The van der Waals surface area contributed by atoms with E-state index in [1.165, 1.54) is 0 Å². The van der Waals surface area contributed by atoms with Crippen molar-refractivity contribution in [2.24, 2.45) is 0 Å². The van der Waals surface area contributed by atoms with Crippen LogP contribution < -0.4 is 15.0 Å². The number of anilines is 2. The second kappa shape index (κ2) is 6.45. The molecule has 1 amide bonds. The number of hydrogen-bond donors (Lipinski definition) is 2. The number of amides is 1. The van der Waals surface area contributed by atoms with Crippen LogP contribution in [-0.4, -0.2) is 17.5 Å². The van der Waals surface area contributed by atoms with Crippen molar-refractivity contribution in [3.05, 3.63) is 52.5 Å². The molecule has 1 aliphatic heterocycles. The number of ether oxygens (including phenoxy) is 1. The summed E-state index contributed by atoms with van der Waals surface area (Å²) in [5, 5.41) is 3.24. The minimum absolute atomic E-state index is 0.00781. The first-order chi connectivity index (χ1) is 11.0. The van der Waals surface area contributed by atoms with E-state index in [2.05, 4.69) is 33.9 Å². The molecule has 0 radical (unpaired) electrons. The van der Waals surface area contributed by atoms with Gasteiger partial charge in [0, 0.05) is 10.2 Å². The third kappa shape index (κ3) is 3.19. The highest BCUT2D eigenvalue weighted by Crippen LogP contribution is 2.38. The van der Waals surface area contributed by atoms with Gasteiger partial charge in [-0.25, -0.2) is 0 Å². The van der Waals surface area contributed by atoms with Gasteiger partial charge in [-0.2, -0.15) is 0 Å². The number of rotatable bonds is 3. The highest BCUT2D eigenvalue weighted by atomic mass is 79.9. The lowest BCUT2D eigenvalue weighted by Gasteiger charge is -2.36. The average Bonchev–Trinajstić information content (AvgIpc) is 2.49. The monoisotopic (exact) mass is 392 g/mol. The van der Waals surface area contributed by atoms with E-state index < -0.39 is 5.50 Å². The Bertz CT molecular complexity index is 751. The van der Waals surface area contributed by atoms with E-state index >= 15 is 0 Å². The molecule has 1 atom stereocenters. The molecular weight excluding hydrogens is 376 g/mol. The number of carbonyl (C=O) groups excluding carboxylic acids is 1. The molecule has 0 saturated carbocycles. The van der Waals surface area contributed by atoms with Crippen LogP contribution in [0.3, 0.4) is 0 Å². The molecule has 120 valence electrons. The summed E-state index contributed by atoms with van der Waals surface area (Å²) in [6.45, 7) is 3.91. The number of hydrogen-bond acceptors (Lipinski definition) is 4. The van der Waals surface area contributed by atoms with Crippen molar-refractivity contribution in [3.8, 4) is 5.75 Å². The number of halogens is 1. The third-order valence-electron chi connectivity index (χ3n) is 3.45. The minimum atomic E-state index is -0.471.